The smallest absolute Gasteiger partial charge is 0.404 e. The van der Waals surface area contributed by atoms with Crippen molar-refractivity contribution in [2.24, 2.45) is 33.9 Å². The molecule has 45 heavy (non-hydrogen) atoms. The lowest BCUT2D eigenvalue weighted by molar-refractivity contribution is -0.525. The first kappa shape index (κ1) is 34.7. The SMILES string of the molecule is CC(C)C[C@H](NC(=O)[C@H](CCCN=C(N)N[N+](=O)[O-])NC(=O)CCCCc1ccccc1)B1O[C@@H]2C[C@H]3C[C@H](C3(C)C)[C@]2(C)O1. The Kier molecular flexibility index (Phi) is 11.5. The fourth-order valence-electron chi connectivity index (χ4n) is 7.52. The van der Waals surface area contributed by atoms with Crippen LogP contribution in [0.2, 0.25) is 0 Å². The first-order valence-electron chi connectivity index (χ1n) is 16.5. The molecule has 2 bridgehead atoms. The number of nitro groups is 1. The molecule has 13 heteroatoms. The molecule has 6 atom stereocenters. The number of carbonyl (C=O) groups excluding carboxylic acids is 2. The summed E-state index contributed by atoms with van der Waals surface area (Å²) in [4.78, 5) is 41.3. The number of hydrogen-bond donors (Lipinski definition) is 4. The van der Waals surface area contributed by atoms with Gasteiger partial charge in [-0.15, -0.1) is 0 Å². The van der Waals surface area contributed by atoms with E-state index < -0.39 is 23.8 Å². The molecule has 3 saturated carbocycles. The normalized spacial score (nSPS) is 26.4. The molecule has 1 aliphatic heterocycles. The highest BCUT2D eigenvalue weighted by Crippen LogP contribution is 2.65. The van der Waals surface area contributed by atoms with Gasteiger partial charge in [-0.3, -0.25) is 9.59 Å². The maximum Gasteiger partial charge on any atom is 0.481 e. The summed E-state index contributed by atoms with van der Waals surface area (Å²) in [6.07, 6.45) is 6.16. The number of hydrazine groups is 1. The molecule has 1 saturated heterocycles. The number of nitrogens with zero attached hydrogens (tertiary/aromatic N) is 2. The van der Waals surface area contributed by atoms with Crippen molar-refractivity contribution in [1.29, 1.82) is 0 Å². The molecule has 0 spiro atoms. The lowest BCUT2D eigenvalue weighted by atomic mass is 9.43. The van der Waals surface area contributed by atoms with Crippen molar-refractivity contribution in [1.82, 2.24) is 16.1 Å². The number of rotatable bonds is 16. The zero-order valence-electron chi connectivity index (χ0n) is 27.4. The molecule has 3 aliphatic carbocycles. The van der Waals surface area contributed by atoms with Gasteiger partial charge < -0.3 is 25.7 Å². The van der Waals surface area contributed by atoms with Gasteiger partial charge in [0.05, 0.1) is 17.6 Å². The van der Waals surface area contributed by atoms with Crippen molar-refractivity contribution in [3.8, 4) is 0 Å². The Morgan fingerprint density at radius 3 is 2.53 bits per heavy atom. The number of aryl methyl sites for hydroxylation is 1. The highest BCUT2D eigenvalue weighted by molar-refractivity contribution is 6.48. The Morgan fingerprint density at radius 1 is 1.13 bits per heavy atom. The summed E-state index contributed by atoms with van der Waals surface area (Å²) >= 11 is 0. The Balaban J connectivity index is 1.38. The fourth-order valence-corrected chi connectivity index (χ4v) is 7.52. The maximum absolute atomic E-state index is 13.8. The van der Waals surface area contributed by atoms with Crippen molar-refractivity contribution in [2.45, 2.75) is 116 Å². The Hall–Kier alpha value is -3.19. The molecule has 1 heterocycles. The first-order valence-corrected chi connectivity index (χ1v) is 16.5. The van der Waals surface area contributed by atoms with E-state index >= 15 is 0 Å². The molecule has 0 radical (unpaired) electrons. The molecule has 248 valence electrons. The summed E-state index contributed by atoms with van der Waals surface area (Å²) in [5.41, 5.74) is 8.38. The maximum atomic E-state index is 13.8. The third-order valence-electron chi connectivity index (χ3n) is 10.1. The Morgan fingerprint density at radius 2 is 1.87 bits per heavy atom. The van der Waals surface area contributed by atoms with Crippen LogP contribution < -0.4 is 21.8 Å². The molecule has 2 amide bonds. The third kappa shape index (κ3) is 8.75. The summed E-state index contributed by atoms with van der Waals surface area (Å²) in [6.45, 7) is 11.1. The van der Waals surface area contributed by atoms with Crippen LogP contribution in [-0.4, -0.2) is 60.2 Å². The highest BCUT2D eigenvalue weighted by atomic mass is 16.7. The van der Waals surface area contributed by atoms with Gasteiger partial charge in [0.25, 0.3) is 5.96 Å². The van der Waals surface area contributed by atoms with Crippen LogP contribution in [-0.2, 0) is 25.3 Å². The average molecular weight is 627 g/mol. The van der Waals surface area contributed by atoms with Gasteiger partial charge in [0.15, 0.2) is 5.03 Å². The molecule has 4 aliphatic rings. The zero-order valence-corrected chi connectivity index (χ0v) is 27.4. The topological polar surface area (TPSA) is 170 Å². The first-order chi connectivity index (χ1) is 21.3. The summed E-state index contributed by atoms with van der Waals surface area (Å²) in [5.74, 6) is 0.0835. The second-order valence-corrected chi connectivity index (χ2v) is 14.2. The van der Waals surface area contributed by atoms with Crippen LogP contribution in [0.15, 0.2) is 35.3 Å². The van der Waals surface area contributed by atoms with E-state index in [1.54, 1.807) is 0 Å². The minimum atomic E-state index is -0.813. The quantitative estimate of drug-likeness (QED) is 0.0539. The summed E-state index contributed by atoms with van der Waals surface area (Å²) in [6, 6.07) is 9.31. The number of guanidine groups is 1. The fraction of sp³-hybridized carbons (Fsp3) is 0.719. The van der Waals surface area contributed by atoms with Crippen LogP contribution in [0.3, 0.4) is 0 Å². The summed E-state index contributed by atoms with van der Waals surface area (Å²) in [7, 11) is -0.576. The van der Waals surface area contributed by atoms with Crippen molar-refractivity contribution < 1.29 is 23.9 Å². The van der Waals surface area contributed by atoms with E-state index in [4.69, 9.17) is 15.0 Å². The van der Waals surface area contributed by atoms with Gasteiger partial charge in [-0.1, -0.05) is 63.5 Å². The van der Waals surface area contributed by atoms with E-state index in [1.807, 2.05) is 23.6 Å². The minimum Gasteiger partial charge on any atom is -0.404 e. The largest absolute Gasteiger partial charge is 0.481 e. The molecule has 5 rings (SSSR count). The van der Waals surface area contributed by atoms with E-state index in [1.165, 1.54) is 5.56 Å². The Bertz CT molecular complexity index is 1220. The van der Waals surface area contributed by atoms with E-state index in [2.05, 4.69) is 62.4 Å². The van der Waals surface area contributed by atoms with E-state index in [0.29, 0.717) is 37.5 Å². The molecule has 0 aromatic heterocycles. The predicted molar refractivity (Wildman–Crippen MR) is 173 cm³/mol. The second kappa shape index (κ2) is 14.9. The van der Waals surface area contributed by atoms with Crippen molar-refractivity contribution in [3.05, 3.63) is 46.0 Å². The van der Waals surface area contributed by atoms with Crippen LogP contribution in [0.4, 0.5) is 0 Å². The van der Waals surface area contributed by atoms with Gasteiger partial charge in [0, 0.05) is 13.0 Å². The van der Waals surface area contributed by atoms with Gasteiger partial charge in [0.2, 0.25) is 11.8 Å². The van der Waals surface area contributed by atoms with E-state index in [-0.39, 0.29) is 54.1 Å². The number of nitrogens with one attached hydrogen (secondary N) is 3. The standard InChI is InChI=1S/C32H51BN6O6/c1-21(2)18-27(33-44-26-20-23-19-25(31(23,3)4)32(26,5)45-33)37-29(41)24(15-11-17-35-30(34)38-39(42)43)36-28(40)16-10-9-14-22-12-7-6-8-13-22/h6-8,12-13,21,23-27H,9-11,14-20H2,1-5H3,(H,36,40)(H,37,41)(H3,34,35,38)/t23-,24+,25-,26-,27+,32+/m1/s1. The number of amides is 2. The number of benzene rings is 1. The van der Waals surface area contributed by atoms with Gasteiger partial charge in [-0.05, 0) is 87.0 Å². The molecule has 5 N–H and O–H groups in total. The molecule has 0 unspecified atom stereocenters. The molecular weight excluding hydrogens is 575 g/mol. The van der Waals surface area contributed by atoms with E-state index in [0.717, 1.165) is 25.7 Å². The molecule has 4 fully saturated rings. The lowest BCUT2D eigenvalue weighted by Crippen LogP contribution is -2.65. The molecule has 1 aromatic carbocycles. The summed E-state index contributed by atoms with van der Waals surface area (Å²) < 4.78 is 13.2. The van der Waals surface area contributed by atoms with Crippen molar-refractivity contribution in [3.63, 3.8) is 0 Å². The lowest BCUT2D eigenvalue weighted by Gasteiger charge is -2.64. The minimum absolute atomic E-state index is 0.00618. The van der Waals surface area contributed by atoms with Crippen LogP contribution in [0.5, 0.6) is 0 Å². The number of carbonyl (C=O) groups is 2. The number of aliphatic imine (C=N–C) groups is 1. The number of nitrogens with two attached hydrogens (primary N) is 1. The van der Waals surface area contributed by atoms with Gasteiger partial charge in [-0.2, -0.15) is 0 Å². The molecular formula is C32H51BN6O6. The van der Waals surface area contributed by atoms with Gasteiger partial charge in [0.1, 0.15) is 6.04 Å². The highest BCUT2D eigenvalue weighted by Gasteiger charge is 2.68. The third-order valence-corrected chi connectivity index (χ3v) is 10.1. The van der Waals surface area contributed by atoms with Crippen LogP contribution in [0.25, 0.3) is 0 Å². The van der Waals surface area contributed by atoms with Gasteiger partial charge in [-0.25, -0.2) is 15.1 Å². The van der Waals surface area contributed by atoms with Crippen LogP contribution in [0, 0.1) is 33.3 Å². The van der Waals surface area contributed by atoms with Crippen LogP contribution >= 0.6 is 0 Å². The van der Waals surface area contributed by atoms with E-state index in [9.17, 15) is 19.7 Å². The van der Waals surface area contributed by atoms with Crippen molar-refractivity contribution in [2.75, 3.05) is 6.54 Å². The van der Waals surface area contributed by atoms with Crippen LogP contribution in [0.1, 0.15) is 91.5 Å². The molecule has 12 nitrogen and oxygen atoms in total. The Labute approximate surface area is 267 Å². The number of hydrogen-bond acceptors (Lipinski definition) is 7. The van der Waals surface area contributed by atoms with Crippen molar-refractivity contribution >= 4 is 24.9 Å². The average Bonchev–Trinajstić information content (AvgIpc) is 3.33. The predicted octanol–water partition coefficient (Wildman–Crippen LogP) is 3.56. The number of unbranched alkanes of at least 4 members (excludes halogenated alkanes) is 1. The summed E-state index contributed by atoms with van der Waals surface area (Å²) in [5, 5.41) is 15.9. The second-order valence-electron chi connectivity index (χ2n) is 14.2. The van der Waals surface area contributed by atoms with Gasteiger partial charge >= 0.3 is 7.12 Å². The monoisotopic (exact) mass is 626 g/mol. The zero-order chi connectivity index (χ0) is 32.8. The molecule has 1 aromatic rings.